The molecule has 0 radical (unpaired) electrons. The van der Waals surface area contributed by atoms with Crippen LogP contribution in [0.3, 0.4) is 0 Å². The summed E-state index contributed by atoms with van der Waals surface area (Å²) < 4.78 is 10.3. The molecule has 9 nitrogen and oxygen atoms in total. The van der Waals surface area contributed by atoms with Gasteiger partial charge in [0, 0.05) is 25.6 Å². The maximum Gasteiger partial charge on any atom is 0.270 e. The number of hydrogen-bond donors (Lipinski definition) is 5. The Morgan fingerprint density at radius 1 is 1.38 bits per heavy atom. The van der Waals surface area contributed by atoms with Crippen molar-refractivity contribution in [2.75, 3.05) is 26.9 Å². The van der Waals surface area contributed by atoms with Crippen molar-refractivity contribution in [2.45, 2.75) is 36.9 Å². The molecule has 24 heavy (non-hydrogen) atoms. The summed E-state index contributed by atoms with van der Waals surface area (Å²) in [5, 5.41) is 43.3. The van der Waals surface area contributed by atoms with Crippen LogP contribution in [0, 0.1) is 0 Å². The summed E-state index contributed by atoms with van der Waals surface area (Å²) in [5.41, 5.74) is 0.171. The lowest BCUT2D eigenvalue weighted by molar-refractivity contribution is -0.231. The molecule has 0 unspecified atom stereocenters. The molecule has 1 amide bonds. The molecule has 1 aliphatic heterocycles. The van der Waals surface area contributed by atoms with Gasteiger partial charge in [0.25, 0.3) is 5.91 Å². The molecule has 1 fully saturated rings. The standard InChI is InChI=1S/C14H22N2O7S/c1-22-4-2-3-15-13(21)7-6-24-14(16-7)12-11(20)10(19)9(18)8(5-17)23-12/h6,8-12,17-20H,2-5H2,1H3,(H,15,21)/t8-,9+,10+,11-,12-/m1/s1. The number of aromatic nitrogens is 1. The number of carbonyl (C=O) groups excluding carboxylic acids is 1. The number of nitrogens with one attached hydrogen (secondary N) is 1. The summed E-state index contributed by atoms with van der Waals surface area (Å²) in [4.78, 5) is 16.1. The summed E-state index contributed by atoms with van der Waals surface area (Å²) in [6.07, 6.45) is -5.68. The van der Waals surface area contributed by atoms with Crippen molar-refractivity contribution < 1.29 is 34.7 Å². The molecule has 0 aromatic carbocycles. The van der Waals surface area contributed by atoms with Crippen molar-refractivity contribution in [3.63, 3.8) is 0 Å². The fourth-order valence-electron chi connectivity index (χ4n) is 2.34. The van der Waals surface area contributed by atoms with Gasteiger partial charge in [-0.05, 0) is 6.42 Å². The maximum absolute atomic E-state index is 12.0. The van der Waals surface area contributed by atoms with Crippen molar-refractivity contribution in [3.05, 3.63) is 16.1 Å². The lowest BCUT2D eigenvalue weighted by Gasteiger charge is -2.39. The third-order valence-electron chi connectivity index (χ3n) is 3.70. The van der Waals surface area contributed by atoms with E-state index in [4.69, 9.17) is 9.47 Å². The lowest BCUT2D eigenvalue weighted by atomic mass is 9.95. The topological polar surface area (TPSA) is 141 Å². The van der Waals surface area contributed by atoms with Gasteiger partial charge in [0.05, 0.1) is 6.61 Å². The molecule has 0 spiro atoms. The molecule has 136 valence electrons. The fraction of sp³-hybridized carbons (Fsp3) is 0.714. The molecule has 1 aromatic heterocycles. The predicted molar refractivity (Wildman–Crippen MR) is 83.7 cm³/mol. The zero-order valence-corrected chi connectivity index (χ0v) is 14.0. The monoisotopic (exact) mass is 362 g/mol. The molecule has 1 aliphatic rings. The molecule has 2 rings (SSSR count). The van der Waals surface area contributed by atoms with Gasteiger partial charge in [0.2, 0.25) is 0 Å². The zero-order valence-electron chi connectivity index (χ0n) is 13.2. The first-order valence-electron chi connectivity index (χ1n) is 7.52. The van der Waals surface area contributed by atoms with Crippen LogP contribution in [-0.4, -0.2) is 82.6 Å². The lowest BCUT2D eigenvalue weighted by Crippen LogP contribution is -2.55. The first-order chi connectivity index (χ1) is 11.5. The number of hydrogen-bond acceptors (Lipinski definition) is 9. The molecule has 0 bridgehead atoms. The zero-order chi connectivity index (χ0) is 17.7. The van der Waals surface area contributed by atoms with Crippen molar-refractivity contribution >= 4 is 17.2 Å². The van der Waals surface area contributed by atoms with Crippen LogP contribution in [0.25, 0.3) is 0 Å². The predicted octanol–water partition coefficient (Wildman–Crippen LogP) is -1.58. The van der Waals surface area contributed by atoms with Crippen LogP contribution in [0.15, 0.2) is 5.38 Å². The Balaban J connectivity index is 2.02. The van der Waals surface area contributed by atoms with Gasteiger partial charge >= 0.3 is 0 Å². The van der Waals surface area contributed by atoms with Crippen molar-refractivity contribution in [1.82, 2.24) is 10.3 Å². The minimum Gasteiger partial charge on any atom is -0.394 e. The normalized spacial score (nSPS) is 30.3. The number of amides is 1. The second-order valence-corrected chi connectivity index (χ2v) is 6.31. The highest BCUT2D eigenvalue weighted by Crippen LogP contribution is 2.33. The molecule has 1 aromatic rings. The Hall–Kier alpha value is -1.14. The fourth-order valence-corrected chi connectivity index (χ4v) is 3.21. The summed E-state index contributed by atoms with van der Waals surface area (Å²) in [6.45, 7) is 0.465. The van der Waals surface area contributed by atoms with Crippen molar-refractivity contribution in [3.8, 4) is 0 Å². The average Bonchev–Trinajstić information content (AvgIpc) is 3.06. The SMILES string of the molecule is COCCCNC(=O)c1csc([C@@H]2O[C@H](CO)[C@H](O)[C@H](O)[C@H]2O)n1. The first kappa shape index (κ1) is 19.2. The summed E-state index contributed by atoms with van der Waals surface area (Å²) in [7, 11) is 1.58. The summed E-state index contributed by atoms with van der Waals surface area (Å²) >= 11 is 1.09. The number of nitrogens with zero attached hydrogens (tertiary/aromatic N) is 1. The van der Waals surface area contributed by atoms with E-state index in [0.29, 0.717) is 19.6 Å². The van der Waals surface area contributed by atoms with Crippen LogP contribution in [0.1, 0.15) is 28.0 Å². The molecule has 2 heterocycles. The average molecular weight is 362 g/mol. The molecule has 5 N–H and O–H groups in total. The van der Waals surface area contributed by atoms with Gasteiger partial charge < -0.3 is 35.2 Å². The highest BCUT2D eigenvalue weighted by atomic mass is 32.1. The van der Waals surface area contributed by atoms with Gasteiger partial charge in [-0.2, -0.15) is 0 Å². The molecule has 0 saturated carbocycles. The van der Waals surface area contributed by atoms with Gasteiger partial charge in [0.15, 0.2) is 0 Å². The summed E-state index contributed by atoms with van der Waals surface area (Å²) in [6, 6.07) is 0. The second kappa shape index (κ2) is 8.81. The molecular formula is C14H22N2O7S. The number of aliphatic hydroxyl groups is 4. The van der Waals surface area contributed by atoms with E-state index in [2.05, 4.69) is 10.3 Å². The van der Waals surface area contributed by atoms with E-state index in [1.807, 2.05) is 0 Å². The second-order valence-electron chi connectivity index (χ2n) is 5.42. The minimum absolute atomic E-state index is 0.171. The van der Waals surface area contributed by atoms with Crippen molar-refractivity contribution in [1.29, 1.82) is 0 Å². The van der Waals surface area contributed by atoms with E-state index < -0.39 is 37.1 Å². The smallest absolute Gasteiger partial charge is 0.270 e. The van der Waals surface area contributed by atoms with Gasteiger partial charge in [-0.3, -0.25) is 4.79 Å². The number of thiazole rings is 1. The molecule has 1 saturated heterocycles. The molecule has 0 aliphatic carbocycles. The Morgan fingerprint density at radius 3 is 2.79 bits per heavy atom. The minimum atomic E-state index is -1.48. The van der Waals surface area contributed by atoms with Gasteiger partial charge in [0.1, 0.15) is 41.2 Å². The van der Waals surface area contributed by atoms with E-state index in [1.54, 1.807) is 7.11 Å². The van der Waals surface area contributed by atoms with Crippen LogP contribution < -0.4 is 5.32 Å². The van der Waals surface area contributed by atoms with E-state index in [9.17, 15) is 25.2 Å². The third kappa shape index (κ3) is 4.28. The molecule has 10 heteroatoms. The van der Waals surface area contributed by atoms with E-state index in [-0.39, 0.29) is 16.6 Å². The Labute approximate surface area is 142 Å². The first-order valence-corrected chi connectivity index (χ1v) is 8.40. The number of carbonyl (C=O) groups is 1. The number of ether oxygens (including phenoxy) is 2. The van der Waals surface area contributed by atoms with Gasteiger partial charge in [-0.15, -0.1) is 11.3 Å². The Kier molecular flexibility index (Phi) is 7.04. The number of aliphatic hydroxyl groups excluding tert-OH is 4. The van der Waals surface area contributed by atoms with E-state index in [0.717, 1.165) is 11.3 Å². The highest BCUT2D eigenvalue weighted by molar-refractivity contribution is 7.09. The summed E-state index contributed by atoms with van der Waals surface area (Å²) in [5.74, 6) is -0.363. The largest absolute Gasteiger partial charge is 0.394 e. The number of rotatable bonds is 7. The highest BCUT2D eigenvalue weighted by Gasteiger charge is 2.45. The number of methoxy groups -OCH3 is 1. The maximum atomic E-state index is 12.0. The molecule has 5 atom stereocenters. The van der Waals surface area contributed by atoms with Crippen LogP contribution in [0.2, 0.25) is 0 Å². The van der Waals surface area contributed by atoms with Crippen LogP contribution >= 0.6 is 11.3 Å². The quantitative estimate of drug-likeness (QED) is 0.366. The Bertz CT molecular complexity index is 539. The Morgan fingerprint density at radius 2 is 2.12 bits per heavy atom. The molecular weight excluding hydrogens is 340 g/mol. The van der Waals surface area contributed by atoms with E-state index >= 15 is 0 Å². The van der Waals surface area contributed by atoms with Crippen LogP contribution in [0.5, 0.6) is 0 Å². The van der Waals surface area contributed by atoms with Crippen LogP contribution in [-0.2, 0) is 9.47 Å². The van der Waals surface area contributed by atoms with Gasteiger partial charge in [-0.25, -0.2) is 4.98 Å². The van der Waals surface area contributed by atoms with Gasteiger partial charge in [-0.1, -0.05) is 0 Å². The third-order valence-corrected chi connectivity index (χ3v) is 4.61. The van der Waals surface area contributed by atoms with Crippen LogP contribution in [0.4, 0.5) is 0 Å². The van der Waals surface area contributed by atoms with E-state index in [1.165, 1.54) is 5.38 Å². The van der Waals surface area contributed by atoms with Crippen molar-refractivity contribution in [2.24, 2.45) is 0 Å².